The monoisotopic (exact) mass is 456 g/mol. The first-order chi connectivity index (χ1) is 15.7. The highest BCUT2D eigenvalue weighted by Gasteiger charge is 2.42. The Balaban J connectivity index is 1.55. The van der Waals surface area contributed by atoms with E-state index < -0.39 is 18.1 Å². The average molecular weight is 456 g/mol. The third-order valence-electron chi connectivity index (χ3n) is 6.59. The molecule has 0 spiro atoms. The summed E-state index contributed by atoms with van der Waals surface area (Å²) in [4.78, 5) is 15.2. The molecule has 0 aliphatic carbocycles. The van der Waals surface area contributed by atoms with Gasteiger partial charge in [0.2, 0.25) is 5.82 Å². The third-order valence-corrected chi connectivity index (χ3v) is 6.59. The Kier molecular flexibility index (Phi) is 5.10. The molecular weight excluding hydrogens is 433 g/mol. The minimum Gasteiger partial charge on any atom is -0.364 e. The number of nitrogens with one attached hydrogen (secondary N) is 1. The van der Waals surface area contributed by atoms with Gasteiger partial charge in [-0.3, -0.25) is 4.79 Å². The van der Waals surface area contributed by atoms with Gasteiger partial charge in [0.05, 0.1) is 13.1 Å². The second-order valence-electron chi connectivity index (χ2n) is 8.63. The molecule has 172 valence electrons. The first kappa shape index (κ1) is 21.4. The minimum atomic E-state index is -4.88. The molecule has 1 amide bonds. The molecule has 1 N–H and O–H groups in total. The predicted octanol–water partition coefficient (Wildman–Crippen LogP) is 3.73. The summed E-state index contributed by atoms with van der Waals surface area (Å²) in [6.07, 6.45) is -4.05. The van der Waals surface area contributed by atoms with Gasteiger partial charge in [-0.15, -0.1) is 10.2 Å². The second kappa shape index (κ2) is 7.86. The molecule has 3 heterocycles. The minimum absolute atomic E-state index is 0.0571. The maximum absolute atomic E-state index is 12.8. The van der Waals surface area contributed by atoms with Crippen LogP contribution in [0.3, 0.4) is 0 Å². The number of aryl methyl sites for hydroxylation is 1. The van der Waals surface area contributed by atoms with Crippen LogP contribution in [-0.4, -0.2) is 44.9 Å². The number of hydrogen-bond donors (Lipinski definition) is 1. The zero-order valence-electron chi connectivity index (χ0n) is 18.2. The number of benzene rings is 2. The van der Waals surface area contributed by atoms with Gasteiger partial charge in [0, 0.05) is 29.8 Å². The number of carbonyl (C=O) groups excluding carboxylic acids is 1. The Morgan fingerprint density at radius 2 is 1.88 bits per heavy atom. The summed E-state index contributed by atoms with van der Waals surface area (Å²) in [5, 5.41) is 14.6. The Morgan fingerprint density at radius 3 is 2.58 bits per heavy atom. The lowest BCUT2D eigenvalue weighted by molar-refractivity contribution is -0.174. The summed E-state index contributed by atoms with van der Waals surface area (Å²) in [5.74, 6) is -1.28. The van der Waals surface area contributed by atoms with Crippen molar-refractivity contribution in [2.75, 3.05) is 11.4 Å². The van der Waals surface area contributed by atoms with Crippen LogP contribution in [0.1, 0.15) is 48.4 Å². The maximum atomic E-state index is 12.8. The van der Waals surface area contributed by atoms with Crippen LogP contribution in [-0.2, 0) is 11.8 Å². The first-order valence-corrected chi connectivity index (χ1v) is 10.8. The van der Waals surface area contributed by atoms with E-state index in [1.165, 1.54) is 4.80 Å². The van der Waals surface area contributed by atoms with Crippen LogP contribution >= 0.6 is 0 Å². The van der Waals surface area contributed by atoms with Crippen molar-refractivity contribution in [1.82, 2.24) is 25.5 Å². The van der Waals surface area contributed by atoms with E-state index in [0.29, 0.717) is 25.2 Å². The van der Waals surface area contributed by atoms with Crippen molar-refractivity contribution in [2.24, 2.45) is 7.05 Å². The molecule has 2 aromatic carbocycles. The molecule has 1 unspecified atom stereocenters. The van der Waals surface area contributed by atoms with Crippen LogP contribution in [0.2, 0.25) is 0 Å². The van der Waals surface area contributed by atoms with Crippen LogP contribution < -0.4 is 10.2 Å². The summed E-state index contributed by atoms with van der Waals surface area (Å²) >= 11 is 0. The zero-order valence-corrected chi connectivity index (χ0v) is 18.2. The summed E-state index contributed by atoms with van der Waals surface area (Å²) < 4.78 is 38.5. The molecule has 7 nitrogen and oxygen atoms in total. The van der Waals surface area contributed by atoms with Gasteiger partial charge in [-0.05, 0) is 52.9 Å². The van der Waals surface area contributed by atoms with E-state index in [2.05, 4.69) is 44.7 Å². The quantitative estimate of drug-likeness (QED) is 0.636. The highest BCUT2D eigenvalue weighted by molar-refractivity contribution is 5.82. The molecule has 1 aromatic heterocycles. The normalized spacial score (nSPS) is 22.1. The van der Waals surface area contributed by atoms with Crippen molar-refractivity contribution in [1.29, 1.82) is 0 Å². The molecule has 1 saturated heterocycles. The number of aromatic nitrogens is 4. The highest BCUT2D eigenvalue weighted by atomic mass is 19.4. The molecule has 3 atom stereocenters. The number of alkyl halides is 3. The fraction of sp³-hybridized carbons (Fsp3) is 0.391. The van der Waals surface area contributed by atoms with Gasteiger partial charge in [0.25, 0.3) is 0 Å². The van der Waals surface area contributed by atoms with Gasteiger partial charge < -0.3 is 10.2 Å². The van der Waals surface area contributed by atoms with E-state index in [1.54, 1.807) is 7.05 Å². The maximum Gasteiger partial charge on any atom is 0.471 e. The Morgan fingerprint density at radius 1 is 1.12 bits per heavy atom. The highest BCUT2D eigenvalue weighted by Crippen LogP contribution is 2.47. The summed E-state index contributed by atoms with van der Waals surface area (Å²) in [7, 11) is 1.71. The van der Waals surface area contributed by atoms with E-state index in [-0.39, 0.29) is 12.0 Å². The summed E-state index contributed by atoms with van der Waals surface area (Å²) in [6, 6.07) is 13.4. The van der Waals surface area contributed by atoms with Gasteiger partial charge in [0.15, 0.2) is 0 Å². The van der Waals surface area contributed by atoms with Crippen LogP contribution in [0.4, 0.5) is 18.9 Å². The zero-order chi connectivity index (χ0) is 23.3. The first-order valence-electron chi connectivity index (χ1n) is 10.8. The van der Waals surface area contributed by atoms with E-state index in [0.717, 1.165) is 27.9 Å². The smallest absolute Gasteiger partial charge is 0.364 e. The topological polar surface area (TPSA) is 75.9 Å². The molecule has 1 fully saturated rings. The Bertz CT molecular complexity index is 1210. The lowest BCUT2D eigenvalue weighted by Gasteiger charge is -2.41. The number of nitrogens with zero attached hydrogens (tertiary/aromatic N) is 5. The SMILES string of the molecule is C[C@@H]1c2ccccc2C2C[C@H](NC(=O)C(F)(F)F)CCN2c2ccc(-c3nnn(C)n3)cc21. The number of hydrogen-bond acceptors (Lipinski definition) is 5. The second-order valence-corrected chi connectivity index (χ2v) is 8.63. The number of halogens is 3. The molecule has 33 heavy (non-hydrogen) atoms. The molecule has 0 radical (unpaired) electrons. The van der Waals surface area contributed by atoms with Crippen LogP contribution in [0.5, 0.6) is 0 Å². The van der Waals surface area contributed by atoms with Crippen LogP contribution in [0.25, 0.3) is 11.4 Å². The molecule has 3 aromatic rings. The van der Waals surface area contributed by atoms with Crippen molar-refractivity contribution in [3.05, 3.63) is 59.2 Å². The summed E-state index contributed by atoms with van der Waals surface area (Å²) in [6.45, 7) is 2.66. The van der Waals surface area contributed by atoms with Crippen molar-refractivity contribution < 1.29 is 18.0 Å². The largest absolute Gasteiger partial charge is 0.471 e. The molecule has 0 saturated carbocycles. The Hall–Kier alpha value is -3.43. The lowest BCUT2D eigenvalue weighted by Crippen LogP contribution is -2.49. The molecule has 2 aliphatic heterocycles. The van der Waals surface area contributed by atoms with Crippen molar-refractivity contribution in [2.45, 2.75) is 43.9 Å². The predicted molar refractivity (Wildman–Crippen MR) is 115 cm³/mol. The van der Waals surface area contributed by atoms with Gasteiger partial charge in [-0.25, -0.2) is 0 Å². The van der Waals surface area contributed by atoms with Gasteiger partial charge >= 0.3 is 12.1 Å². The van der Waals surface area contributed by atoms with Gasteiger partial charge in [0.1, 0.15) is 0 Å². The van der Waals surface area contributed by atoms with Crippen molar-refractivity contribution >= 4 is 11.6 Å². The molecular formula is C23H23F3N6O. The van der Waals surface area contributed by atoms with Gasteiger partial charge in [-0.2, -0.15) is 18.0 Å². The van der Waals surface area contributed by atoms with Crippen molar-refractivity contribution in [3.63, 3.8) is 0 Å². The van der Waals surface area contributed by atoms with E-state index >= 15 is 0 Å². The average Bonchev–Trinajstić information content (AvgIpc) is 3.20. The molecule has 5 rings (SSSR count). The molecule has 2 aliphatic rings. The van der Waals surface area contributed by atoms with Crippen LogP contribution in [0.15, 0.2) is 42.5 Å². The van der Waals surface area contributed by atoms with Crippen molar-refractivity contribution in [3.8, 4) is 11.4 Å². The number of piperidine rings is 1. The summed E-state index contributed by atoms with van der Waals surface area (Å²) in [5.41, 5.74) is 5.20. The Labute approximate surface area is 188 Å². The number of rotatable bonds is 2. The van der Waals surface area contributed by atoms with E-state index in [1.807, 2.05) is 30.3 Å². The number of amides is 1. The number of carbonyl (C=O) groups is 1. The number of anilines is 1. The lowest BCUT2D eigenvalue weighted by atomic mass is 9.86. The number of fused-ring (bicyclic) bond motifs is 5. The van der Waals surface area contributed by atoms with E-state index in [9.17, 15) is 18.0 Å². The molecule has 0 bridgehead atoms. The fourth-order valence-electron chi connectivity index (χ4n) is 5.02. The van der Waals surface area contributed by atoms with E-state index in [4.69, 9.17) is 0 Å². The third kappa shape index (κ3) is 3.83. The standard InChI is InChI=1S/C23H23F3N6O/c1-13-16-5-3-4-6-17(16)20-12-15(27-22(33)23(24,25)26)9-10-32(20)19-8-7-14(11-18(13)19)21-28-30-31(2)29-21/h3-8,11,13,15,20H,9-10,12H2,1-2H3,(H,27,33)/t13-,15-,20?/m1/s1. The van der Waals surface area contributed by atoms with Crippen LogP contribution in [0, 0.1) is 0 Å². The number of tetrazole rings is 1. The molecule has 10 heteroatoms. The fourth-order valence-corrected chi connectivity index (χ4v) is 5.02. The van der Waals surface area contributed by atoms with Gasteiger partial charge in [-0.1, -0.05) is 31.2 Å².